The van der Waals surface area contributed by atoms with Crippen molar-refractivity contribution in [3.05, 3.63) is 65.6 Å². The van der Waals surface area contributed by atoms with Crippen LogP contribution in [0.2, 0.25) is 0 Å². The van der Waals surface area contributed by atoms with Gasteiger partial charge in [0, 0.05) is 30.9 Å². The molecule has 8 heteroatoms. The summed E-state index contributed by atoms with van der Waals surface area (Å²) in [6.45, 7) is 3.73. The van der Waals surface area contributed by atoms with Crippen LogP contribution in [-0.4, -0.2) is 38.3 Å². The van der Waals surface area contributed by atoms with E-state index in [-0.39, 0.29) is 11.6 Å². The second kappa shape index (κ2) is 7.46. The highest BCUT2D eigenvalue weighted by molar-refractivity contribution is 6.11. The number of fused-ring (bicyclic) bond motifs is 2. The fourth-order valence-corrected chi connectivity index (χ4v) is 4.17. The van der Waals surface area contributed by atoms with Crippen molar-refractivity contribution < 1.29 is 9.18 Å². The first-order valence-corrected chi connectivity index (χ1v) is 10.0. The van der Waals surface area contributed by atoms with Crippen molar-refractivity contribution in [1.82, 2.24) is 24.7 Å². The summed E-state index contributed by atoms with van der Waals surface area (Å²) in [6, 6.07) is 5.04. The minimum Gasteiger partial charge on any atom is -0.320 e. The molecule has 5 rings (SSSR count). The molecule has 7 nitrogen and oxygen atoms in total. The molecular weight excluding hydrogens is 383 g/mol. The van der Waals surface area contributed by atoms with Gasteiger partial charge in [0.05, 0.1) is 22.5 Å². The zero-order valence-corrected chi connectivity index (χ0v) is 16.5. The number of pyridine rings is 1. The van der Waals surface area contributed by atoms with Crippen LogP contribution in [-0.2, 0) is 0 Å². The minimum absolute atomic E-state index is 0.230. The summed E-state index contributed by atoms with van der Waals surface area (Å²) < 4.78 is 15.9. The molecule has 2 N–H and O–H groups in total. The molecule has 0 bridgehead atoms. The maximum absolute atomic E-state index is 14.4. The van der Waals surface area contributed by atoms with Crippen LogP contribution in [0.1, 0.15) is 40.4 Å². The van der Waals surface area contributed by atoms with E-state index in [9.17, 15) is 9.18 Å². The SMILES string of the molecule is Cc1cn2cc(NC(=O)c3ccc(C4CCNCC4)c4nccnc34)cc(F)c2n1. The zero-order chi connectivity index (χ0) is 20.7. The number of carbonyl (C=O) groups is 1. The van der Waals surface area contributed by atoms with E-state index in [2.05, 4.69) is 25.6 Å². The number of rotatable bonds is 3. The number of aryl methyl sites for hydroxylation is 1. The lowest BCUT2D eigenvalue weighted by Crippen LogP contribution is -2.27. The summed E-state index contributed by atoms with van der Waals surface area (Å²) in [5.41, 5.74) is 4.13. The molecule has 1 aliphatic rings. The maximum Gasteiger partial charge on any atom is 0.257 e. The number of nitrogens with one attached hydrogen (secondary N) is 2. The number of hydrogen-bond acceptors (Lipinski definition) is 5. The molecule has 1 fully saturated rings. The Bertz CT molecular complexity index is 1260. The minimum atomic E-state index is -0.494. The normalized spacial score (nSPS) is 15.0. The highest BCUT2D eigenvalue weighted by Crippen LogP contribution is 2.31. The molecule has 0 aliphatic carbocycles. The van der Waals surface area contributed by atoms with Gasteiger partial charge in [-0.3, -0.25) is 14.8 Å². The Labute approximate surface area is 172 Å². The van der Waals surface area contributed by atoms with Crippen LogP contribution in [0.25, 0.3) is 16.7 Å². The third-order valence-electron chi connectivity index (χ3n) is 5.56. The fraction of sp³-hybridized carbons (Fsp3) is 0.273. The Morgan fingerprint density at radius 1 is 1.17 bits per heavy atom. The molecule has 152 valence electrons. The molecule has 30 heavy (non-hydrogen) atoms. The second-order valence-electron chi connectivity index (χ2n) is 7.62. The Morgan fingerprint density at radius 2 is 1.93 bits per heavy atom. The van der Waals surface area contributed by atoms with E-state index in [0.29, 0.717) is 28.4 Å². The number of imidazole rings is 1. The topological polar surface area (TPSA) is 84.2 Å². The summed E-state index contributed by atoms with van der Waals surface area (Å²) in [5.74, 6) is -0.455. The standard InChI is InChI=1S/C22H21FN6O/c1-13-11-29-12-15(10-18(23)21(29)27-13)28-22(30)17-3-2-16(14-4-6-24-7-5-14)19-20(17)26-9-8-25-19/h2-3,8-12,14,24H,4-7H2,1H3,(H,28,30). The predicted molar refractivity (Wildman–Crippen MR) is 112 cm³/mol. The number of benzene rings is 1. The lowest BCUT2D eigenvalue weighted by Gasteiger charge is -2.24. The van der Waals surface area contributed by atoms with Crippen LogP contribution < -0.4 is 10.6 Å². The molecule has 1 aliphatic heterocycles. The van der Waals surface area contributed by atoms with Gasteiger partial charge in [0.2, 0.25) is 0 Å². The van der Waals surface area contributed by atoms with E-state index in [1.165, 1.54) is 6.07 Å². The first-order chi connectivity index (χ1) is 14.6. The summed E-state index contributed by atoms with van der Waals surface area (Å²) in [5, 5.41) is 6.16. The van der Waals surface area contributed by atoms with E-state index < -0.39 is 5.82 Å². The smallest absolute Gasteiger partial charge is 0.257 e. The van der Waals surface area contributed by atoms with E-state index >= 15 is 0 Å². The molecule has 0 atom stereocenters. The largest absolute Gasteiger partial charge is 0.320 e. The third kappa shape index (κ3) is 3.29. The van der Waals surface area contributed by atoms with Crippen molar-refractivity contribution >= 4 is 28.3 Å². The molecule has 3 aromatic heterocycles. The van der Waals surface area contributed by atoms with Crippen molar-refractivity contribution in [1.29, 1.82) is 0 Å². The summed E-state index contributed by atoms with van der Waals surface area (Å²) >= 11 is 0. The average molecular weight is 404 g/mol. The van der Waals surface area contributed by atoms with Gasteiger partial charge < -0.3 is 15.0 Å². The summed E-state index contributed by atoms with van der Waals surface area (Å²) in [7, 11) is 0. The number of nitrogens with zero attached hydrogens (tertiary/aromatic N) is 4. The first-order valence-electron chi connectivity index (χ1n) is 10.0. The van der Waals surface area contributed by atoms with Gasteiger partial charge in [0.1, 0.15) is 5.52 Å². The summed E-state index contributed by atoms with van der Waals surface area (Å²) in [6.07, 6.45) is 8.66. The van der Waals surface area contributed by atoms with Gasteiger partial charge in [-0.25, -0.2) is 9.37 Å². The number of amides is 1. The van der Waals surface area contributed by atoms with E-state index in [1.54, 1.807) is 42.2 Å². The average Bonchev–Trinajstić information content (AvgIpc) is 3.14. The molecule has 1 saturated heterocycles. The molecule has 4 heterocycles. The summed E-state index contributed by atoms with van der Waals surface area (Å²) in [4.78, 5) is 26.1. The number of aromatic nitrogens is 4. The van der Waals surface area contributed by atoms with E-state index in [4.69, 9.17) is 0 Å². The Morgan fingerprint density at radius 3 is 2.73 bits per heavy atom. The predicted octanol–water partition coefficient (Wildman–Crippen LogP) is 3.44. The van der Waals surface area contributed by atoms with Crippen LogP contribution in [0.4, 0.5) is 10.1 Å². The van der Waals surface area contributed by atoms with E-state index in [0.717, 1.165) is 37.0 Å². The highest BCUT2D eigenvalue weighted by atomic mass is 19.1. The van der Waals surface area contributed by atoms with Crippen molar-refractivity contribution in [3.63, 3.8) is 0 Å². The second-order valence-corrected chi connectivity index (χ2v) is 7.62. The zero-order valence-electron chi connectivity index (χ0n) is 16.5. The quantitative estimate of drug-likeness (QED) is 0.546. The molecule has 0 saturated carbocycles. The molecule has 4 aromatic rings. The van der Waals surface area contributed by atoms with Crippen LogP contribution >= 0.6 is 0 Å². The van der Waals surface area contributed by atoms with Crippen LogP contribution in [0.5, 0.6) is 0 Å². The molecule has 1 amide bonds. The van der Waals surface area contributed by atoms with Gasteiger partial charge in [-0.15, -0.1) is 0 Å². The van der Waals surface area contributed by atoms with Gasteiger partial charge in [0.15, 0.2) is 11.5 Å². The fourth-order valence-electron chi connectivity index (χ4n) is 4.17. The van der Waals surface area contributed by atoms with Crippen molar-refractivity contribution in [2.24, 2.45) is 0 Å². The first kappa shape index (κ1) is 18.6. The Balaban J connectivity index is 1.51. The molecule has 0 spiro atoms. The van der Waals surface area contributed by atoms with Gasteiger partial charge in [0.25, 0.3) is 5.91 Å². The van der Waals surface area contributed by atoms with E-state index in [1.807, 2.05) is 6.07 Å². The molecule has 0 unspecified atom stereocenters. The number of anilines is 1. The Hall–Kier alpha value is -3.39. The van der Waals surface area contributed by atoms with Gasteiger partial charge in [-0.2, -0.15) is 0 Å². The van der Waals surface area contributed by atoms with Crippen LogP contribution in [0.3, 0.4) is 0 Å². The van der Waals surface area contributed by atoms with Crippen LogP contribution in [0, 0.1) is 12.7 Å². The van der Waals surface area contributed by atoms with Gasteiger partial charge in [-0.1, -0.05) is 6.07 Å². The van der Waals surface area contributed by atoms with Gasteiger partial charge >= 0.3 is 0 Å². The molecule has 1 aromatic carbocycles. The van der Waals surface area contributed by atoms with Gasteiger partial charge in [-0.05, 0) is 50.4 Å². The highest BCUT2D eigenvalue weighted by Gasteiger charge is 2.22. The van der Waals surface area contributed by atoms with Crippen molar-refractivity contribution in [3.8, 4) is 0 Å². The molecule has 0 radical (unpaired) electrons. The van der Waals surface area contributed by atoms with Crippen LogP contribution in [0.15, 0.2) is 43.0 Å². The maximum atomic E-state index is 14.4. The lowest BCUT2D eigenvalue weighted by atomic mass is 9.88. The molecular formula is C22H21FN6O. The number of halogens is 1. The number of carbonyl (C=O) groups excluding carboxylic acids is 1. The number of piperidine rings is 1. The van der Waals surface area contributed by atoms with Crippen molar-refractivity contribution in [2.75, 3.05) is 18.4 Å². The third-order valence-corrected chi connectivity index (χ3v) is 5.56. The number of hydrogen-bond donors (Lipinski definition) is 2. The van der Waals surface area contributed by atoms with Crippen molar-refractivity contribution in [2.45, 2.75) is 25.7 Å². The monoisotopic (exact) mass is 404 g/mol. The Kier molecular flexibility index (Phi) is 4.63. The lowest BCUT2D eigenvalue weighted by molar-refractivity contribution is 0.102.